The lowest BCUT2D eigenvalue weighted by Crippen LogP contribution is -2.24. The SMILES string of the molecule is Cc1cc(/C(N)=N/O)ccc1CNC(=O)c1ccc2c(c1)Cc1cc(-c3ccc(F)cc3F)ccc1C2. The van der Waals surface area contributed by atoms with Crippen molar-refractivity contribution >= 4 is 11.7 Å². The molecule has 0 spiro atoms. The van der Waals surface area contributed by atoms with Gasteiger partial charge in [-0.2, -0.15) is 0 Å². The number of oxime groups is 1. The van der Waals surface area contributed by atoms with E-state index in [2.05, 4.69) is 10.5 Å². The average Bonchev–Trinajstić information content (AvgIpc) is 2.90. The van der Waals surface area contributed by atoms with Crippen molar-refractivity contribution in [2.75, 3.05) is 0 Å². The summed E-state index contributed by atoms with van der Waals surface area (Å²) in [7, 11) is 0. The van der Waals surface area contributed by atoms with Gasteiger partial charge in [0, 0.05) is 29.3 Å². The largest absolute Gasteiger partial charge is 0.409 e. The normalized spacial score (nSPS) is 12.6. The van der Waals surface area contributed by atoms with Gasteiger partial charge < -0.3 is 16.3 Å². The molecule has 1 aliphatic rings. The molecule has 4 aromatic rings. The van der Waals surface area contributed by atoms with E-state index in [1.54, 1.807) is 12.1 Å². The summed E-state index contributed by atoms with van der Waals surface area (Å²) >= 11 is 0. The Morgan fingerprint density at radius 1 is 0.892 bits per heavy atom. The molecule has 0 radical (unpaired) electrons. The Balaban J connectivity index is 1.32. The van der Waals surface area contributed by atoms with Gasteiger partial charge in [0.15, 0.2) is 5.84 Å². The predicted octanol–water partition coefficient (Wildman–Crippen LogP) is 5.46. The monoisotopic (exact) mass is 497 g/mol. The van der Waals surface area contributed by atoms with Gasteiger partial charge in [0.1, 0.15) is 11.6 Å². The molecule has 0 atom stereocenters. The Morgan fingerprint density at radius 3 is 2.32 bits per heavy atom. The highest BCUT2D eigenvalue weighted by Gasteiger charge is 2.19. The number of halogens is 2. The number of hydrogen-bond donors (Lipinski definition) is 3. The van der Waals surface area contributed by atoms with Crippen LogP contribution in [0.25, 0.3) is 11.1 Å². The minimum absolute atomic E-state index is 0.0317. The fourth-order valence-electron chi connectivity index (χ4n) is 4.76. The summed E-state index contributed by atoms with van der Waals surface area (Å²) in [6.07, 6.45) is 1.35. The lowest BCUT2D eigenvalue weighted by Gasteiger charge is -2.21. The predicted molar refractivity (Wildman–Crippen MR) is 139 cm³/mol. The Kier molecular flexibility index (Phi) is 6.44. The number of carbonyl (C=O) groups excluding carboxylic acids is 1. The molecule has 0 saturated heterocycles. The Bertz CT molecular complexity index is 1560. The van der Waals surface area contributed by atoms with Gasteiger partial charge in [0.2, 0.25) is 0 Å². The third-order valence-electron chi connectivity index (χ3n) is 6.86. The molecule has 4 aromatic carbocycles. The number of amides is 1. The van der Waals surface area contributed by atoms with Crippen molar-refractivity contribution in [2.45, 2.75) is 26.3 Å². The summed E-state index contributed by atoms with van der Waals surface area (Å²) in [5.74, 6) is -1.35. The van der Waals surface area contributed by atoms with E-state index in [4.69, 9.17) is 10.9 Å². The summed E-state index contributed by atoms with van der Waals surface area (Å²) in [5, 5.41) is 14.8. The van der Waals surface area contributed by atoms with Crippen molar-refractivity contribution in [2.24, 2.45) is 10.9 Å². The fourth-order valence-corrected chi connectivity index (χ4v) is 4.76. The number of nitrogens with one attached hydrogen (secondary N) is 1. The molecule has 186 valence electrons. The number of rotatable bonds is 5. The standard InChI is InChI=1S/C30H25F2N3O2/c1-17-10-21(29(33)35-37)5-7-23(17)16-34-30(36)22-6-3-19-11-18-2-4-20(12-24(18)14-25(19)13-22)27-9-8-26(31)15-28(27)32/h2-10,12-13,15,37H,11,14,16H2,1H3,(H2,33,35)(H,34,36). The molecule has 0 fully saturated rings. The van der Waals surface area contributed by atoms with Crippen LogP contribution in [-0.4, -0.2) is 17.0 Å². The van der Waals surface area contributed by atoms with Crippen LogP contribution in [0.5, 0.6) is 0 Å². The maximum atomic E-state index is 14.3. The summed E-state index contributed by atoms with van der Waals surface area (Å²) in [4.78, 5) is 12.9. The van der Waals surface area contributed by atoms with E-state index in [0.29, 0.717) is 35.2 Å². The van der Waals surface area contributed by atoms with Crippen molar-refractivity contribution in [1.82, 2.24) is 5.32 Å². The van der Waals surface area contributed by atoms with E-state index < -0.39 is 11.6 Å². The molecular formula is C30H25F2N3O2. The molecule has 4 N–H and O–H groups in total. The first-order valence-electron chi connectivity index (χ1n) is 11.9. The molecule has 0 unspecified atom stereocenters. The van der Waals surface area contributed by atoms with Gasteiger partial charge >= 0.3 is 0 Å². The summed E-state index contributed by atoms with van der Waals surface area (Å²) in [5.41, 5.74) is 14.1. The van der Waals surface area contributed by atoms with Crippen molar-refractivity contribution in [1.29, 1.82) is 0 Å². The van der Waals surface area contributed by atoms with Crippen LogP contribution in [0, 0.1) is 18.6 Å². The molecule has 37 heavy (non-hydrogen) atoms. The van der Waals surface area contributed by atoms with Crippen LogP contribution in [0.4, 0.5) is 8.78 Å². The lowest BCUT2D eigenvalue weighted by molar-refractivity contribution is 0.0950. The minimum atomic E-state index is -0.605. The number of fused-ring (bicyclic) bond motifs is 2. The number of hydrogen-bond acceptors (Lipinski definition) is 3. The first-order valence-corrected chi connectivity index (χ1v) is 11.9. The quantitative estimate of drug-likeness (QED) is 0.130. The molecule has 0 saturated carbocycles. The zero-order valence-corrected chi connectivity index (χ0v) is 20.2. The third-order valence-corrected chi connectivity index (χ3v) is 6.86. The average molecular weight is 498 g/mol. The molecule has 0 aliphatic heterocycles. The number of carbonyl (C=O) groups is 1. The second-order valence-electron chi connectivity index (χ2n) is 9.25. The van der Waals surface area contributed by atoms with Gasteiger partial charge in [-0.15, -0.1) is 0 Å². The zero-order chi connectivity index (χ0) is 26.1. The summed E-state index contributed by atoms with van der Waals surface area (Å²) in [6, 6.07) is 20.5. The van der Waals surface area contributed by atoms with Gasteiger partial charge in [-0.05, 0) is 89.0 Å². The van der Waals surface area contributed by atoms with Crippen LogP contribution in [0.15, 0.2) is 78.0 Å². The van der Waals surface area contributed by atoms with E-state index in [0.717, 1.165) is 45.9 Å². The number of amidine groups is 1. The highest BCUT2D eigenvalue weighted by Crippen LogP contribution is 2.32. The van der Waals surface area contributed by atoms with Crippen LogP contribution in [0.2, 0.25) is 0 Å². The second kappa shape index (κ2) is 9.85. The van der Waals surface area contributed by atoms with Gasteiger partial charge in [0.25, 0.3) is 5.91 Å². The smallest absolute Gasteiger partial charge is 0.251 e. The Labute approximate surface area is 213 Å². The molecule has 5 rings (SSSR count). The molecule has 5 nitrogen and oxygen atoms in total. The molecule has 0 bridgehead atoms. The van der Waals surface area contributed by atoms with Crippen molar-refractivity contribution in [3.05, 3.63) is 129 Å². The van der Waals surface area contributed by atoms with E-state index in [1.807, 2.05) is 49.4 Å². The van der Waals surface area contributed by atoms with Crippen LogP contribution in [-0.2, 0) is 19.4 Å². The maximum Gasteiger partial charge on any atom is 0.251 e. The summed E-state index contributed by atoms with van der Waals surface area (Å²) in [6.45, 7) is 2.24. The van der Waals surface area contributed by atoms with Crippen LogP contribution >= 0.6 is 0 Å². The molecule has 1 aliphatic carbocycles. The maximum absolute atomic E-state index is 14.3. The van der Waals surface area contributed by atoms with E-state index in [-0.39, 0.29) is 11.7 Å². The Hall–Kier alpha value is -4.52. The van der Waals surface area contributed by atoms with Crippen LogP contribution in [0.3, 0.4) is 0 Å². The van der Waals surface area contributed by atoms with Gasteiger partial charge in [-0.1, -0.05) is 41.6 Å². The number of nitrogens with two attached hydrogens (primary N) is 1. The molecule has 7 heteroatoms. The minimum Gasteiger partial charge on any atom is -0.409 e. The van der Waals surface area contributed by atoms with Crippen molar-refractivity contribution < 1.29 is 18.8 Å². The zero-order valence-electron chi connectivity index (χ0n) is 20.2. The first-order chi connectivity index (χ1) is 17.8. The van der Waals surface area contributed by atoms with Gasteiger partial charge in [-0.25, -0.2) is 8.78 Å². The number of nitrogens with zero attached hydrogens (tertiary/aromatic N) is 1. The van der Waals surface area contributed by atoms with Gasteiger partial charge in [0.05, 0.1) is 0 Å². The van der Waals surface area contributed by atoms with Crippen molar-refractivity contribution in [3.63, 3.8) is 0 Å². The summed E-state index contributed by atoms with van der Waals surface area (Å²) < 4.78 is 27.7. The van der Waals surface area contributed by atoms with Crippen molar-refractivity contribution in [3.8, 4) is 11.1 Å². The number of aryl methyl sites for hydroxylation is 1. The molecule has 0 aromatic heterocycles. The van der Waals surface area contributed by atoms with E-state index in [9.17, 15) is 13.6 Å². The number of benzene rings is 4. The van der Waals surface area contributed by atoms with Crippen LogP contribution < -0.4 is 11.1 Å². The third kappa shape index (κ3) is 4.93. The lowest BCUT2D eigenvalue weighted by atomic mass is 9.83. The molecular weight excluding hydrogens is 472 g/mol. The Morgan fingerprint density at radius 2 is 1.59 bits per heavy atom. The fraction of sp³-hybridized carbons (Fsp3) is 0.133. The van der Waals surface area contributed by atoms with Gasteiger partial charge in [-0.3, -0.25) is 4.79 Å². The molecule has 0 heterocycles. The highest BCUT2D eigenvalue weighted by atomic mass is 19.1. The second-order valence-corrected chi connectivity index (χ2v) is 9.25. The van der Waals surface area contributed by atoms with E-state index >= 15 is 0 Å². The molecule has 1 amide bonds. The van der Waals surface area contributed by atoms with E-state index in [1.165, 1.54) is 12.1 Å². The first kappa shape index (κ1) is 24.2. The van der Waals surface area contributed by atoms with Crippen LogP contribution in [0.1, 0.15) is 49.3 Å². The topological polar surface area (TPSA) is 87.7 Å². The highest BCUT2D eigenvalue weighted by molar-refractivity contribution is 5.97.